The lowest BCUT2D eigenvalue weighted by molar-refractivity contribution is 0.534. The van der Waals surface area contributed by atoms with Gasteiger partial charge >= 0.3 is 0 Å². The van der Waals surface area contributed by atoms with Gasteiger partial charge in [0.25, 0.3) is 0 Å². The van der Waals surface area contributed by atoms with Crippen molar-refractivity contribution in [3.05, 3.63) is 9.90 Å². The summed E-state index contributed by atoms with van der Waals surface area (Å²) in [6.45, 7) is 3.37. The van der Waals surface area contributed by atoms with Gasteiger partial charge < -0.3 is 9.88 Å². The first-order valence-corrected chi connectivity index (χ1v) is 6.17. The Morgan fingerprint density at radius 2 is 2.43 bits per heavy atom. The molecular weight excluding hydrogens is 289 g/mol. The van der Waals surface area contributed by atoms with E-state index >= 15 is 0 Å². The fourth-order valence-electron chi connectivity index (χ4n) is 1.64. The van der Waals surface area contributed by atoms with E-state index in [1.165, 1.54) is 16.5 Å². The SMILES string of the molecule is CC(CNc1ncc(I)n1C)C1CC1. The quantitative estimate of drug-likeness (QED) is 0.866. The third-order valence-corrected chi connectivity index (χ3v) is 3.94. The monoisotopic (exact) mass is 305 g/mol. The van der Waals surface area contributed by atoms with Gasteiger partial charge in [0.2, 0.25) is 5.95 Å². The first-order chi connectivity index (χ1) is 6.68. The van der Waals surface area contributed by atoms with Crippen molar-refractivity contribution < 1.29 is 0 Å². The highest BCUT2D eigenvalue weighted by Crippen LogP contribution is 2.36. The van der Waals surface area contributed by atoms with Crippen LogP contribution in [0, 0.1) is 15.5 Å². The van der Waals surface area contributed by atoms with Crippen molar-refractivity contribution in [1.29, 1.82) is 0 Å². The summed E-state index contributed by atoms with van der Waals surface area (Å²) in [6.07, 6.45) is 4.73. The second-order valence-electron chi connectivity index (χ2n) is 4.16. The summed E-state index contributed by atoms with van der Waals surface area (Å²) in [7, 11) is 2.04. The van der Waals surface area contributed by atoms with Crippen LogP contribution in [-0.2, 0) is 7.05 Å². The highest BCUT2D eigenvalue weighted by atomic mass is 127. The van der Waals surface area contributed by atoms with E-state index in [4.69, 9.17) is 0 Å². The third kappa shape index (κ3) is 2.21. The molecule has 1 aromatic heterocycles. The normalized spacial score (nSPS) is 18.2. The molecule has 0 spiro atoms. The largest absolute Gasteiger partial charge is 0.355 e. The summed E-state index contributed by atoms with van der Waals surface area (Å²) in [6, 6.07) is 0. The van der Waals surface area contributed by atoms with E-state index in [0.29, 0.717) is 0 Å². The highest BCUT2D eigenvalue weighted by Gasteiger charge is 2.27. The Labute approximate surface area is 98.4 Å². The number of hydrogen-bond donors (Lipinski definition) is 1. The number of nitrogens with zero attached hydrogens (tertiary/aromatic N) is 2. The van der Waals surface area contributed by atoms with Crippen LogP contribution in [0.15, 0.2) is 6.20 Å². The molecule has 0 radical (unpaired) electrons. The molecule has 2 rings (SSSR count). The molecule has 1 aliphatic rings. The molecule has 1 heterocycles. The number of hydrogen-bond acceptors (Lipinski definition) is 2. The molecule has 1 unspecified atom stereocenters. The number of aromatic nitrogens is 2. The molecule has 0 amide bonds. The Kier molecular flexibility index (Phi) is 2.99. The van der Waals surface area contributed by atoms with Crippen LogP contribution >= 0.6 is 22.6 Å². The molecule has 0 aliphatic heterocycles. The van der Waals surface area contributed by atoms with Crippen LogP contribution in [0.3, 0.4) is 0 Å². The molecule has 3 nitrogen and oxygen atoms in total. The van der Waals surface area contributed by atoms with Crippen LogP contribution in [0.2, 0.25) is 0 Å². The first-order valence-electron chi connectivity index (χ1n) is 5.09. The zero-order valence-corrected chi connectivity index (χ0v) is 10.8. The van der Waals surface area contributed by atoms with Crippen molar-refractivity contribution in [2.45, 2.75) is 19.8 Å². The molecule has 78 valence electrons. The minimum absolute atomic E-state index is 0.782. The maximum atomic E-state index is 4.31. The van der Waals surface area contributed by atoms with E-state index in [1.807, 2.05) is 13.2 Å². The highest BCUT2D eigenvalue weighted by molar-refractivity contribution is 14.1. The van der Waals surface area contributed by atoms with Gasteiger partial charge in [-0.15, -0.1) is 0 Å². The van der Waals surface area contributed by atoms with Crippen LogP contribution < -0.4 is 5.32 Å². The van der Waals surface area contributed by atoms with E-state index in [9.17, 15) is 0 Å². The van der Waals surface area contributed by atoms with Gasteiger partial charge in [0, 0.05) is 13.6 Å². The summed E-state index contributed by atoms with van der Waals surface area (Å²) in [5.41, 5.74) is 0. The van der Waals surface area contributed by atoms with Crippen molar-refractivity contribution in [3.8, 4) is 0 Å². The lowest BCUT2D eigenvalue weighted by Crippen LogP contribution is -2.15. The summed E-state index contributed by atoms with van der Waals surface area (Å²) in [4.78, 5) is 4.31. The lowest BCUT2D eigenvalue weighted by Gasteiger charge is -2.11. The van der Waals surface area contributed by atoms with Gasteiger partial charge in [-0.25, -0.2) is 4.98 Å². The Morgan fingerprint density at radius 1 is 1.71 bits per heavy atom. The van der Waals surface area contributed by atoms with Gasteiger partial charge in [-0.3, -0.25) is 0 Å². The summed E-state index contributed by atoms with van der Waals surface area (Å²) in [5.74, 6) is 2.73. The maximum absolute atomic E-state index is 4.31. The van der Waals surface area contributed by atoms with Gasteiger partial charge in [-0.2, -0.15) is 0 Å². The minimum Gasteiger partial charge on any atom is -0.355 e. The van der Waals surface area contributed by atoms with Crippen molar-refractivity contribution in [3.63, 3.8) is 0 Å². The second kappa shape index (κ2) is 4.08. The molecule has 0 saturated heterocycles. The van der Waals surface area contributed by atoms with Crippen molar-refractivity contribution >= 4 is 28.5 Å². The van der Waals surface area contributed by atoms with Crippen LogP contribution in [0.5, 0.6) is 0 Å². The fraction of sp³-hybridized carbons (Fsp3) is 0.700. The number of anilines is 1. The number of imidazole rings is 1. The summed E-state index contributed by atoms with van der Waals surface area (Å²) in [5, 5.41) is 3.40. The van der Waals surface area contributed by atoms with Crippen molar-refractivity contribution in [1.82, 2.24) is 9.55 Å². The molecule has 14 heavy (non-hydrogen) atoms. The zero-order chi connectivity index (χ0) is 10.1. The average molecular weight is 305 g/mol. The molecular formula is C10H16IN3. The predicted octanol–water partition coefficient (Wildman–Crippen LogP) is 2.48. The Hall–Kier alpha value is -0.260. The van der Waals surface area contributed by atoms with Crippen molar-refractivity contribution in [2.24, 2.45) is 18.9 Å². The van der Waals surface area contributed by atoms with Crippen LogP contribution in [0.25, 0.3) is 0 Å². The molecule has 1 aromatic rings. The standard InChI is InChI=1S/C10H16IN3/c1-7(8-3-4-8)5-12-10-13-6-9(11)14(10)2/h6-8H,3-5H2,1-2H3,(H,12,13). The molecule has 0 bridgehead atoms. The van der Waals surface area contributed by atoms with Gasteiger partial charge in [0.05, 0.1) is 6.20 Å². The maximum Gasteiger partial charge on any atom is 0.203 e. The Balaban J connectivity index is 1.87. The average Bonchev–Trinajstić information content (AvgIpc) is 2.95. The minimum atomic E-state index is 0.782. The number of nitrogens with one attached hydrogen (secondary N) is 1. The molecule has 1 saturated carbocycles. The Bertz CT molecular complexity index is 317. The molecule has 1 N–H and O–H groups in total. The second-order valence-corrected chi connectivity index (χ2v) is 5.26. The molecule has 1 atom stereocenters. The van der Waals surface area contributed by atoms with Gasteiger partial charge in [-0.1, -0.05) is 6.92 Å². The van der Waals surface area contributed by atoms with Crippen molar-refractivity contribution in [2.75, 3.05) is 11.9 Å². The van der Waals surface area contributed by atoms with E-state index in [2.05, 4.69) is 44.4 Å². The van der Waals surface area contributed by atoms with E-state index in [0.717, 1.165) is 24.3 Å². The molecule has 1 aliphatic carbocycles. The van der Waals surface area contributed by atoms with Crippen LogP contribution in [0.1, 0.15) is 19.8 Å². The van der Waals surface area contributed by atoms with Crippen LogP contribution in [-0.4, -0.2) is 16.1 Å². The predicted molar refractivity (Wildman–Crippen MR) is 66.3 cm³/mol. The zero-order valence-electron chi connectivity index (χ0n) is 8.63. The number of rotatable bonds is 4. The van der Waals surface area contributed by atoms with Gasteiger partial charge in [0.1, 0.15) is 3.70 Å². The smallest absolute Gasteiger partial charge is 0.203 e. The van der Waals surface area contributed by atoms with Gasteiger partial charge in [-0.05, 0) is 47.3 Å². The fourth-order valence-corrected chi connectivity index (χ4v) is 2.00. The molecule has 4 heteroatoms. The number of halogens is 1. The van der Waals surface area contributed by atoms with E-state index in [1.54, 1.807) is 0 Å². The lowest BCUT2D eigenvalue weighted by atomic mass is 10.1. The first kappa shape index (κ1) is 10.3. The summed E-state index contributed by atoms with van der Waals surface area (Å²) < 4.78 is 3.25. The van der Waals surface area contributed by atoms with Gasteiger partial charge in [0.15, 0.2) is 0 Å². The third-order valence-electron chi connectivity index (χ3n) is 2.94. The topological polar surface area (TPSA) is 29.9 Å². The summed E-state index contributed by atoms with van der Waals surface area (Å²) >= 11 is 2.29. The van der Waals surface area contributed by atoms with E-state index in [-0.39, 0.29) is 0 Å². The molecule has 0 aromatic carbocycles. The Morgan fingerprint density at radius 3 is 2.93 bits per heavy atom. The van der Waals surface area contributed by atoms with E-state index < -0.39 is 0 Å². The molecule has 1 fully saturated rings. The van der Waals surface area contributed by atoms with Crippen LogP contribution in [0.4, 0.5) is 5.95 Å².